The summed E-state index contributed by atoms with van der Waals surface area (Å²) in [6.45, 7) is 0. The van der Waals surface area contributed by atoms with Gasteiger partial charge in [0.25, 0.3) is 0 Å². The molecule has 0 spiro atoms. The number of hydrogen-bond acceptors (Lipinski definition) is 3. The van der Waals surface area contributed by atoms with Gasteiger partial charge < -0.3 is 14.6 Å². The molecule has 0 aliphatic heterocycles. The fourth-order valence-corrected chi connectivity index (χ4v) is 2.97. The first-order valence-corrected chi connectivity index (χ1v) is 8.60. The fourth-order valence-electron chi connectivity index (χ4n) is 2.84. The minimum absolute atomic E-state index is 0.113. The van der Waals surface area contributed by atoms with E-state index in [1.54, 1.807) is 25.4 Å². The van der Waals surface area contributed by atoms with E-state index in [4.69, 9.17) is 16.3 Å². The summed E-state index contributed by atoms with van der Waals surface area (Å²) in [7, 11) is 3.50. The van der Waals surface area contributed by atoms with Gasteiger partial charge in [0.2, 0.25) is 5.91 Å². The second-order valence-corrected chi connectivity index (χ2v) is 6.37. The molecule has 2 aromatic carbocycles. The van der Waals surface area contributed by atoms with Crippen LogP contribution >= 0.6 is 11.6 Å². The number of amides is 1. The van der Waals surface area contributed by atoms with E-state index in [9.17, 15) is 4.79 Å². The van der Waals surface area contributed by atoms with Gasteiger partial charge in [0, 0.05) is 30.0 Å². The highest BCUT2D eigenvalue weighted by atomic mass is 35.5. The Morgan fingerprint density at radius 1 is 1.23 bits per heavy atom. The van der Waals surface area contributed by atoms with E-state index in [1.165, 1.54) is 0 Å². The first-order chi connectivity index (χ1) is 12.6. The van der Waals surface area contributed by atoms with Gasteiger partial charge in [-0.2, -0.15) is 0 Å². The highest BCUT2D eigenvalue weighted by Gasteiger charge is 2.21. The molecule has 1 N–H and O–H groups in total. The molecule has 0 aliphatic carbocycles. The number of aryl methyl sites for hydroxylation is 1. The molecule has 1 atom stereocenters. The van der Waals surface area contributed by atoms with Crippen molar-refractivity contribution in [2.24, 2.45) is 7.05 Å². The number of carbonyl (C=O) groups excluding carboxylic acids is 1. The first-order valence-electron chi connectivity index (χ1n) is 8.22. The van der Waals surface area contributed by atoms with Gasteiger partial charge in [-0.05, 0) is 23.8 Å². The molecule has 1 amide bonds. The van der Waals surface area contributed by atoms with Gasteiger partial charge in [-0.25, -0.2) is 4.98 Å². The Kier molecular flexibility index (Phi) is 5.58. The molecule has 134 valence electrons. The number of rotatable bonds is 6. The van der Waals surface area contributed by atoms with Gasteiger partial charge in [-0.3, -0.25) is 4.79 Å². The molecule has 0 fully saturated rings. The Morgan fingerprint density at radius 3 is 2.62 bits per heavy atom. The SMILES string of the molecule is COc1ccccc1CC(=O)N[C@@H](c1ccc(Cl)cc1)c1nccn1C. The van der Waals surface area contributed by atoms with Crippen LogP contribution in [0.2, 0.25) is 5.02 Å². The van der Waals surface area contributed by atoms with E-state index in [0.29, 0.717) is 10.8 Å². The molecule has 0 saturated heterocycles. The van der Waals surface area contributed by atoms with Gasteiger partial charge >= 0.3 is 0 Å². The van der Waals surface area contributed by atoms with Crippen LogP contribution in [0.5, 0.6) is 5.75 Å². The Bertz CT molecular complexity index is 890. The predicted molar refractivity (Wildman–Crippen MR) is 101 cm³/mol. The third-order valence-electron chi connectivity index (χ3n) is 4.17. The summed E-state index contributed by atoms with van der Waals surface area (Å²) in [5.74, 6) is 1.33. The van der Waals surface area contributed by atoms with E-state index in [2.05, 4.69) is 10.3 Å². The number of nitrogens with one attached hydrogen (secondary N) is 1. The maximum Gasteiger partial charge on any atom is 0.225 e. The normalized spacial score (nSPS) is 11.8. The summed E-state index contributed by atoms with van der Waals surface area (Å²) in [5, 5.41) is 3.72. The summed E-state index contributed by atoms with van der Waals surface area (Å²) < 4.78 is 7.22. The molecule has 0 aliphatic rings. The van der Waals surface area contributed by atoms with Gasteiger partial charge in [0.1, 0.15) is 17.6 Å². The summed E-state index contributed by atoms with van der Waals surface area (Å²) in [6, 6.07) is 14.5. The number of aromatic nitrogens is 2. The summed E-state index contributed by atoms with van der Waals surface area (Å²) in [4.78, 5) is 17.1. The number of ether oxygens (including phenoxy) is 1. The summed E-state index contributed by atoms with van der Waals surface area (Å²) in [5.41, 5.74) is 1.75. The molecule has 0 unspecified atom stereocenters. The van der Waals surface area contributed by atoms with E-state index in [1.807, 2.05) is 54.2 Å². The molecule has 26 heavy (non-hydrogen) atoms. The Morgan fingerprint density at radius 2 is 1.96 bits per heavy atom. The average Bonchev–Trinajstić information content (AvgIpc) is 3.07. The lowest BCUT2D eigenvalue weighted by Gasteiger charge is -2.19. The van der Waals surface area contributed by atoms with Crippen LogP contribution in [0.1, 0.15) is 23.0 Å². The van der Waals surface area contributed by atoms with Gasteiger partial charge in [-0.15, -0.1) is 0 Å². The van der Waals surface area contributed by atoms with Crippen molar-refractivity contribution in [2.45, 2.75) is 12.5 Å². The maximum atomic E-state index is 12.7. The Hall–Kier alpha value is -2.79. The third-order valence-corrected chi connectivity index (χ3v) is 4.42. The Labute approximate surface area is 157 Å². The standard InChI is InChI=1S/C20H20ClN3O2/c1-24-12-11-22-20(24)19(14-7-9-16(21)10-8-14)23-18(25)13-15-5-3-4-6-17(15)26-2/h3-12,19H,13H2,1-2H3,(H,23,25)/t19-/m0/s1. The number of imidazole rings is 1. The number of nitrogens with zero attached hydrogens (tertiary/aromatic N) is 2. The largest absolute Gasteiger partial charge is 0.496 e. The van der Waals surface area contributed by atoms with Gasteiger partial charge in [-0.1, -0.05) is 41.9 Å². The average molecular weight is 370 g/mol. The molecule has 1 aromatic heterocycles. The molecular weight excluding hydrogens is 350 g/mol. The number of benzene rings is 2. The molecular formula is C20H20ClN3O2. The summed E-state index contributed by atoms with van der Waals surface area (Å²) in [6.07, 6.45) is 3.79. The first kappa shape index (κ1) is 18.0. The number of hydrogen-bond donors (Lipinski definition) is 1. The van der Waals surface area contributed by atoms with E-state index in [0.717, 1.165) is 17.0 Å². The van der Waals surface area contributed by atoms with E-state index in [-0.39, 0.29) is 18.4 Å². The van der Waals surface area contributed by atoms with Crippen molar-refractivity contribution < 1.29 is 9.53 Å². The zero-order valence-electron chi connectivity index (χ0n) is 14.6. The zero-order chi connectivity index (χ0) is 18.5. The van der Waals surface area contributed by atoms with Crippen molar-refractivity contribution in [3.05, 3.63) is 82.9 Å². The fraction of sp³-hybridized carbons (Fsp3) is 0.200. The second kappa shape index (κ2) is 8.06. The van der Waals surface area contributed by atoms with Crippen molar-refractivity contribution in [1.82, 2.24) is 14.9 Å². The van der Waals surface area contributed by atoms with Crippen LogP contribution in [0, 0.1) is 0 Å². The molecule has 3 aromatic rings. The molecule has 3 rings (SSSR count). The molecule has 0 bridgehead atoms. The van der Waals surface area contributed by atoms with Gasteiger partial charge in [0.15, 0.2) is 0 Å². The number of methoxy groups -OCH3 is 1. The third kappa shape index (κ3) is 4.06. The van der Waals surface area contributed by atoms with Crippen molar-refractivity contribution >= 4 is 17.5 Å². The topological polar surface area (TPSA) is 56.1 Å². The lowest BCUT2D eigenvalue weighted by atomic mass is 10.0. The van der Waals surface area contributed by atoms with Crippen molar-refractivity contribution in [3.63, 3.8) is 0 Å². The maximum absolute atomic E-state index is 12.7. The minimum Gasteiger partial charge on any atom is -0.496 e. The van der Waals surface area contributed by atoms with Crippen molar-refractivity contribution in [3.8, 4) is 5.75 Å². The minimum atomic E-state index is -0.366. The number of para-hydroxylation sites is 1. The summed E-state index contributed by atoms with van der Waals surface area (Å²) >= 11 is 6.00. The molecule has 6 heteroatoms. The smallest absolute Gasteiger partial charge is 0.225 e. The molecule has 1 heterocycles. The van der Waals surface area contributed by atoms with Gasteiger partial charge in [0.05, 0.1) is 13.5 Å². The van der Waals surface area contributed by atoms with Crippen molar-refractivity contribution in [2.75, 3.05) is 7.11 Å². The highest BCUT2D eigenvalue weighted by Crippen LogP contribution is 2.23. The zero-order valence-corrected chi connectivity index (χ0v) is 15.4. The van der Waals surface area contributed by atoms with Crippen LogP contribution in [-0.2, 0) is 18.3 Å². The quantitative estimate of drug-likeness (QED) is 0.723. The van der Waals surface area contributed by atoms with E-state index < -0.39 is 0 Å². The molecule has 0 radical (unpaired) electrons. The number of halogens is 1. The van der Waals surface area contributed by atoms with Crippen LogP contribution < -0.4 is 10.1 Å². The van der Waals surface area contributed by atoms with Crippen LogP contribution in [-0.4, -0.2) is 22.6 Å². The second-order valence-electron chi connectivity index (χ2n) is 5.94. The van der Waals surface area contributed by atoms with Crippen LogP contribution in [0.4, 0.5) is 0 Å². The molecule has 0 saturated carbocycles. The monoisotopic (exact) mass is 369 g/mol. The van der Waals surface area contributed by atoms with Crippen molar-refractivity contribution in [1.29, 1.82) is 0 Å². The lowest BCUT2D eigenvalue weighted by Crippen LogP contribution is -2.32. The highest BCUT2D eigenvalue weighted by molar-refractivity contribution is 6.30. The van der Waals surface area contributed by atoms with Crippen LogP contribution in [0.15, 0.2) is 60.9 Å². The predicted octanol–water partition coefficient (Wildman–Crippen LogP) is 3.53. The number of carbonyl (C=O) groups is 1. The molecule has 5 nitrogen and oxygen atoms in total. The lowest BCUT2D eigenvalue weighted by molar-refractivity contribution is -0.121. The van der Waals surface area contributed by atoms with E-state index >= 15 is 0 Å². The van der Waals surface area contributed by atoms with Crippen LogP contribution in [0.3, 0.4) is 0 Å². The van der Waals surface area contributed by atoms with Crippen LogP contribution in [0.25, 0.3) is 0 Å². The Balaban J connectivity index is 1.85.